The Kier molecular flexibility index (Phi) is 4.80. The molecule has 1 aromatic rings. The molecule has 4 heteroatoms. The van der Waals surface area contributed by atoms with E-state index >= 15 is 0 Å². The van der Waals surface area contributed by atoms with Crippen LogP contribution in [0.1, 0.15) is 43.2 Å². The summed E-state index contributed by atoms with van der Waals surface area (Å²) in [6, 6.07) is 4.10. The zero-order valence-corrected chi connectivity index (χ0v) is 11.8. The molecule has 1 aliphatic heterocycles. The zero-order chi connectivity index (χ0) is 13.7. The highest BCUT2D eigenvalue weighted by Gasteiger charge is 2.12. The predicted octanol–water partition coefficient (Wildman–Crippen LogP) is 2.11. The maximum atomic E-state index is 12.1. The molecule has 19 heavy (non-hydrogen) atoms. The lowest BCUT2D eigenvalue weighted by Gasteiger charge is -2.15. The van der Waals surface area contributed by atoms with Crippen molar-refractivity contribution in [3.63, 3.8) is 0 Å². The van der Waals surface area contributed by atoms with Crippen LogP contribution in [-0.2, 0) is 0 Å². The van der Waals surface area contributed by atoms with Crippen molar-refractivity contribution in [2.24, 2.45) is 0 Å². The second-order valence-corrected chi connectivity index (χ2v) is 5.22. The second kappa shape index (κ2) is 6.57. The molecule has 0 saturated heterocycles. The molecule has 0 fully saturated rings. The van der Waals surface area contributed by atoms with Crippen molar-refractivity contribution in [3.05, 3.63) is 35.7 Å². The fraction of sp³-hybridized carbons (Fsp3) is 0.533. The topological polar surface area (TPSA) is 46.1 Å². The van der Waals surface area contributed by atoms with Crippen molar-refractivity contribution in [3.8, 4) is 0 Å². The van der Waals surface area contributed by atoms with Gasteiger partial charge in [0.15, 0.2) is 0 Å². The van der Waals surface area contributed by atoms with Gasteiger partial charge in [-0.2, -0.15) is 0 Å². The summed E-state index contributed by atoms with van der Waals surface area (Å²) < 4.78 is 2.00. The van der Waals surface area contributed by atoms with Crippen LogP contribution in [0.15, 0.2) is 30.0 Å². The molecule has 0 bridgehead atoms. The molecule has 0 saturated carbocycles. The van der Waals surface area contributed by atoms with Crippen LogP contribution >= 0.6 is 0 Å². The van der Waals surface area contributed by atoms with E-state index in [2.05, 4.69) is 30.6 Å². The highest BCUT2D eigenvalue weighted by atomic mass is 16.1. The van der Waals surface area contributed by atoms with Crippen molar-refractivity contribution in [1.82, 2.24) is 15.2 Å². The monoisotopic (exact) mass is 261 g/mol. The minimum absolute atomic E-state index is 0.0215. The number of hydrogen-bond donors (Lipinski definition) is 2. The van der Waals surface area contributed by atoms with Gasteiger partial charge in [0, 0.05) is 25.3 Å². The molecule has 104 valence electrons. The minimum Gasteiger partial charge on any atom is -0.350 e. The summed E-state index contributed by atoms with van der Waals surface area (Å²) in [7, 11) is 0. The Bertz CT molecular complexity index is 460. The minimum atomic E-state index is 0.0215. The summed E-state index contributed by atoms with van der Waals surface area (Å²) in [5, 5.41) is 6.30. The van der Waals surface area contributed by atoms with E-state index in [0.29, 0.717) is 12.6 Å². The predicted molar refractivity (Wildman–Crippen MR) is 77.3 cm³/mol. The molecule has 2 N–H and O–H groups in total. The molecule has 0 atom stereocenters. The van der Waals surface area contributed by atoms with E-state index in [9.17, 15) is 4.79 Å². The largest absolute Gasteiger partial charge is 0.350 e. The first-order chi connectivity index (χ1) is 9.18. The van der Waals surface area contributed by atoms with Crippen LogP contribution in [0.25, 0.3) is 0 Å². The van der Waals surface area contributed by atoms with Gasteiger partial charge in [0.05, 0.1) is 0 Å². The Hall–Kier alpha value is -1.55. The average molecular weight is 261 g/mol. The number of rotatable bonds is 5. The van der Waals surface area contributed by atoms with Gasteiger partial charge in [0.1, 0.15) is 5.69 Å². The fourth-order valence-electron chi connectivity index (χ4n) is 2.36. The van der Waals surface area contributed by atoms with Crippen molar-refractivity contribution >= 4 is 5.91 Å². The smallest absolute Gasteiger partial charge is 0.267 e. The number of carbonyl (C=O) groups is 1. The Morgan fingerprint density at radius 1 is 1.53 bits per heavy atom. The Morgan fingerprint density at radius 2 is 2.37 bits per heavy atom. The molecule has 0 unspecified atom stereocenters. The quantitative estimate of drug-likeness (QED) is 0.797. The third-order valence-corrected chi connectivity index (χ3v) is 3.46. The summed E-state index contributed by atoms with van der Waals surface area (Å²) in [5.74, 6) is 0.0215. The maximum absolute atomic E-state index is 12.1. The SMILES string of the molecule is CC(C)n1cccc1C(=O)NCCC1=CCNCC1. The zero-order valence-electron chi connectivity index (χ0n) is 11.8. The van der Waals surface area contributed by atoms with E-state index in [1.165, 1.54) is 5.57 Å². The van der Waals surface area contributed by atoms with Crippen molar-refractivity contribution in [1.29, 1.82) is 0 Å². The highest BCUT2D eigenvalue weighted by Crippen LogP contribution is 2.11. The highest BCUT2D eigenvalue weighted by molar-refractivity contribution is 5.92. The first-order valence-electron chi connectivity index (χ1n) is 7.02. The van der Waals surface area contributed by atoms with Gasteiger partial charge in [0.2, 0.25) is 0 Å². The van der Waals surface area contributed by atoms with E-state index < -0.39 is 0 Å². The van der Waals surface area contributed by atoms with E-state index in [1.807, 2.05) is 22.9 Å². The Morgan fingerprint density at radius 3 is 3.05 bits per heavy atom. The van der Waals surface area contributed by atoms with Crippen LogP contribution in [0, 0.1) is 0 Å². The van der Waals surface area contributed by atoms with Crippen LogP contribution in [0.3, 0.4) is 0 Å². The number of aromatic nitrogens is 1. The standard InChI is InChI=1S/C15H23N3O/c1-12(2)18-11-3-4-14(18)15(19)17-10-7-13-5-8-16-9-6-13/h3-5,11-12,16H,6-10H2,1-2H3,(H,17,19). The molecule has 2 heterocycles. The first-order valence-corrected chi connectivity index (χ1v) is 7.02. The van der Waals surface area contributed by atoms with Gasteiger partial charge in [-0.3, -0.25) is 4.79 Å². The van der Waals surface area contributed by atoms with Crippen LogP contribution in [0.4, 0.5) is 0 Å². The molecule has 0 spiro atoms. The number of nitrogens with zero attached hydrogens (tertiary/aromatic N) is 1. The van der Waals surface area contributed by atoms with Gasteiger partial charge in [-0.25, -0.2) is 0 Å². The first kappa shape index (κ1) is 13.9. The molecule has 0 radical (unpaired) electrons. The number of carbonyl (C=O) groups excluding carboxylic acids is 1. The lowest BCUT2D eigenvalue weighted by Crippen LogP contribution is -2.28. The second-order valence-electron chi connectivity index (χ2n) is 5.22. The summed E-state index contributed by atoms with van der Waals surface area (Å²) in [4.78, 5) is 12.1. The van der Waals surface area contributed by atoms with Crippen LogP contribution in [0.5, 0.6) is 0 Å². The van der Waals surface area contributed by atoms with Crippen LogP contribution in [-0.4, -0.2) is 30.1 Å². The lowest BCUT2D eigenvalue weighted by molar-refractivity contribution is 0.0943. The summed E-state index contributed by atoms with van der Waals surface area (Å²) in [6.07, 6.45) is 6.23. The van der Waals surface area contributed by atoms with E-state index in [4.69, 9.17) is 0 Å². The summed E-state index contributed by atoms with van der Waals surface area (Å²) in [6.45, 7) is 6.89. The molecule has 4 nitrogen and oxygen atoms in total. The fourth-order valence-corrected chi connectivity index (χ4v) is 2.36. The number of amides is 1. The molecule has 1 amide bonds. The van der Waals surface area contributed by atoms with Crippen molar-refractivity contribution < 1.29 is 4.79 Å². The van der Waals surface area contributed by atoms with Gasteiger partial charge >= 0.3 is 0 Å². The normalized spacial score (nSPS) is 15.4. The number of hydrogen-bond acceptors (Lipinski definition) is 2. The van der Waals surface area contributed by atoms with E-state index in [-0.39, 0.29) is 5.91 Å². The van der Waals surface area contributed by atoms with Gasteiger partial charge in [0.25, 0.3) is 5.91 Å². The molecule has 1 aliphatic rings. The number of nitrogens with one attached hydrogen (secondary N) is 2. The molecule has 2 rings (SSSR count). The summed E-state index contributed by atoms with van der Waals surface area (Å²) in [5.41, 5.74) is 2.19. The Labute approximate surface area is 114 Å². The molecule has 1 aromatic heterocycles. The third kappa shape index (κ3) is 3.70. The van der Waals surface area contributed by atoms with Crippen LogP contribution in [0.2, 0.25) is 0 Å². The van der Waals surface area contributed by atoms with Crippen LogP contribution < -0.4 is 10.6 Å². The van der Waals surface area contributed by atoms with Crippen molar-refractivity contribution in [2.45, 2.75) is 32.7 Å². The van der Waals surface area contributed by atoms with Gasteiger partial charge in [-0.15, -0.1) is 0 Å². The van der Waals surface area contributed by atoms with Gasteiger partial charge < -0.3 is 15.2 Å². The molecule has 0 aliphatic carbocycles. The third-order valence-electron chi connectivity index (χ3n) is 3.46. The summed E-state index contributed by atoms with van der Waals surface area (Å²) >= 11 is 0. The molecule has 0 aromatic carbocycles. The van der Waals surface area contributed by atoms with Gasteiger partial charge in [-0.05, 0) is 45.4 Å². The molecular weight excluding hydrogens is 238 g/mol. The van der Waals surface area contributed by atoms with E-state index in [0.717, 1.165) is 31.6 Å². The lowest BCUT2D eigenvalue weighted by atomic mass is 10.1. The Balaban J connectivity index is 1.84. The van der Waals surface area contributed by atoms with Gasteiger partial charge in [-0.1, -0.05) is 11.6 Å². The van der Waals surface area contributed by atoms with Crippen molar-refractivity contribution in [2.75, 3.05) is 19.6 Å². The maximum Gasteiger partial charge on any atom is 0.267 e. The van der Waals surface area contributed by atoms with E-state index in [1.54, 1.807) is 0 Å². The average Bonchev–Trinajstić information content (AvgIpc) is 2.89. The molecular formula is C15H23N3O.